The first-order chi connectivity index (χ1) is 7.57. The minimum atomic E-state index is -0.0865. The molecule has 0 aliphatic rings. The van der Waals surface area contributed by atoms with Crippen molar-refractivity contribution in [1.29, 1.82) is 0 Å². The molecule has 0 fully saturated rings. The maximum Gasteiger partial charge on any atom is 0.116 e. The topological polar surface area (TPSA) is 40.5 Å². The summed E-state index contributed by atoms with van der Waals surface area (Å²) in [6.07, 6.45) is 0. The van der Waals surface area contributed by atoms with Crippen LogP contribution in [0.5, 0.6) is 5.75 Å². The number of phenolic OH excluding ortho intramolecular Hbond substituents is 1. The maximum absolute atomic E-state index is 9.86. The van der Waals surface area contributed by atoms with Gasteiger partial charge in [0.25, 0.3) is 0 Å². The van der Waals surface area contributed by atoms with Gasteiger partial charge in [0.1, 0.15) is 5.75 Å². The number of hydrogen-bond donors (Lipinski definition) is 2. The molecular formula is C15H24O2. The van der Waals surface area contributed by atoms with Crippen molar-refractivity contribution < 1.29 is 10.2 Å². The van der Waals surface area contributed by atoms with Gasteiger partial charge in [-0.05, 0) is 39.7 Å². The van der Waals surface area contributed by atoms with E-state index in [4.69, 9.17) is 0 Å². The quantitative estimate of drug-likeness (QED) is 0.783. The Morgan fingerprint density at radius 1 is 0.882 bits per heavy atom. The molecule has 2 N–H and O–H groups in total. The average molecular weight is 236 g/mol. The van der Waals surface area contributed by atoms with Gasteiger partial charge in [-0.2, -0.15) is 0 Å². The number of aliphatic hydroxyl groups excluding tert-OH is 1. The molecule has 0 unspecified atom stereocenters. The Labute approximate surface area is 104 Å². The molecule has 0 bridgehead atoms. The number of phenols is 1. The normalized spacial score (nSPS) is 12.9. The summed E-state index contributed by atoms with van der Waals surface area (Å²) in [5, 5.41) is 19.5. The van der Waals surface area contributed by atoms with Crippen molar-refractivity contribution in [2.45, 2.75) is 59.0 Å². The fraction of sp³-hybridized carbons (Fsp3) is 0.600. The van der Waals surface area contributed by atoms with Gasteiger partial charge in [0.05, 0.1) is 6.61 Å². The van der Waals surface area contributed by atoms with E-state index in [9.17, 15) is 10.2 Å². The Morgan fingerprint density at radius 3 is 1.47 bits per heavy atom. The van der Waals surface area contributed by atoms with E-state index < -0.39 is 0 Å². The third kappa shape index (κ3) is 3.01. The Hall–Kier alpha value is -1.02. The first-order valence-corrected chi connectivity index (χ1v) is 6.05. The number of aliphatic hydroxyl groups is 1. The standard InChI is InChI=1S/C15H24O2/c1-14(2,3)12-7-10(17)8-13(11(12)9-16)15(4,5)6/h7-8,16-17H,9H2,1-6H3. The Kier molecular flexibility index (Phi) is 3.58. The van der Waals surface area contributed by atoms with Crippen molar-refractivity contribution in [1.82, 2.24) is 0 Å². The van der Waals surface area contributed by atoms with Gasteiger partial charge in [-0.25, -0.2) is 0 Å². The lowest BCUT2D eigenvalue weighted by molar-refractivity contribution is 0.274. The summed E-state index contributed by atoms with van der Waals surface area (Å²) in [7, 11) is 0. The fourth-order valence-corrected chi connectivity index (χ4v) is 2.17. The van der Waals surface area contributed by atoms with Crippen molar-refractivity contribution >= 4 is 0 Å². The molecule has 1 rings (SSSR count). The molecule has 0 spiro atoms. The van der Waals surface area contributed by atoms with Crippen LogP contribution < -0.4 is 0 Å². The second-order valence-corrected chi connectivity index (χ2v) is 6.68. The van der Waals surface area contributed by atoms with E-state index in [1.165, 1.54) is 0 Å². The van der Waals surface area contributed by atoms with Gasteiger partial charge in [-0.3, -0.25) is 0 Å². The highest BCUT2D eigenvalue weighted by atomic mass is 16.3. The zero-order chi connectivity index (χ0) is 13.4. The third-order valence-electron chi connectivity index (χ3n) is 3.01. The predicted octanol–water partition coefficient (Wildman–Crippen LogP) is 3.48. The molecule has 2 heteroatoms. The van der Waals surface area contributed by atoms with Gasteiger partial charge >= 0.3 is 0 Å². The zero-order valence-electron chi connectivity index (χ0n) is 11.8. The van der Waals surface area contributed by atoms with Crippen LogP contribution in [-0.4, -0.2) is 10.2 Å². The minimum Gasteiger partial charge on any atom is -0.508 e. The predicted molar refractivity (Wildman–Crippen MR) is 71.4 cm³/mol. The fourth-order valence-electron chi connectivity index (χ4n) is 2.17. The molecule has 0 atom stereocenters. The summed E-state index contributed by atoms with van der Waals surface area (Å²) in [5.74, 6) is 0.275. The molecule has 0 aliphatic carbocycles. The molecule has 1 aromatic rings. The maximum atomic E-state index is 9.86. The summed E-state index contributed by atoms with van der Waals surface area (Å²) in [6, 6.07) is 3.53. The monoisotopic (exact) mass is 236 g/mol. The Bertz CT molecular complexity index is 371. The van der Waals surface area contributed by atoms with Gasteiger partial charge in [0.15, 0.2) is 0 Å². The minimum absolute atomic E-state index is 0.0134. The molecule has 0 saturated heterocycles. The molecule has 96 valence electrons. The van der Waals surface area contributed by atoms with Crippen LogP contribution in [0.3, 0.4) is 0 Å². The van der Waals surface area contributed by atoms with Crippen LogP contribution in [0.4, 0.5) is 0 Å². The van der Waals surface area contributed by atoms with E-state index in [-0.39, 0.29) is 23.2 Å². The third-order valence-corrected chi connectivity index (χ3v) is 3.01. The van der Waals surface area contributed by atoms with Crippen LogP contribution in [0.2, 0.25) is 0 Å². The molecule has 0 heterocycles. The number of benzene rings is 1. The molecule has 17 heavy (non-hydrogen) atoms. The van der Waals surface area contributed by atoms with Crippen molar-refractivity contribution in [3.63, 3.8) is 0 Å². The van der Waals surface area contributed by atoms with Crippen molar-refractivity contribution in [3.05, 3.63) is 28.8 Å². The van der Waals surface area contributed by atoms with Crippen LogP contribution in [0.15, 0.2) is 12.1 Å². The molecule has 0 aliphatic heterocycles. The van der Waals surface area contributed by atoms with E-state index in [2.05, 4.69) is 41.5 Å². The Morgan fingerprint density at radius 2 is 1.24 bits per heavy atom. The summed E-state index contributed by atoms with van der Waals surface area (Å²) in [4.78, 5) is 0. The lowest BCUT2D eigenvalue weighted by Gasteiger charge is -2.29. The largest absolute Gasteiger partial charge is 0.508 e. The lowest BCUT2D eigenvalue weighted by Crippen LogP contribution is -2.21. The van der Waals surface area contributed by atoms with Crippen molar-refractivity contribution in [3.8, 4) is 5.75 Å². The van der Waals surface area contributed by atoms with Crippen LogP contribution in [-0.2, 0) is 17.4 Å². The number of hydrogen-bond acceptors (Lipinski definition) is 2. The summed E-state index contributed by atoms with van der Waals surface area (Å²) in [6.45, 7) is 12.6. The van der Waals surface area contributed by atoms with Gasteiger partial charge < -0.3 is 10.2 Å². The summed E-state index contributed by atoms with van der Waals surface area (Å²) < 4.78 is 0. The average Bonchev–Trinajstić information content (AvgIpc) is 2.13. The van der Waals surface area contributed by atoms with Crippen LogP contribution in [0, 0.1) is 0 Å². The highest BCUT2D eigenvalue weighted by molar-refractivity contribution is 5.47. The highest BCUT2D eigenvalue weighted by Gasteiger charge is 2.25. The van der Waals surface area contributed by atoms with E-state index in [1.807, 2.05) is 0 Å². The second kappa shape index (κ2) is 4.34. The lowest BCUT2D eigenvalue weighted by atomic mass is 9.76. The molecule has 1 aromatic carbocycles. The molecule has 2 nitrogen and oxygen atoms in total. The van der Waals surface area contributed by atoms with E-state index in [0.29, 0.717) is 0 Å². The smallest absolute Gasteiger partial charge is 0.116 e. The second-order valence-electron chi connectivity index (χ2n) is 6.68. The highest BCUT2D eigenvalue weighted by Crippen LogP contribution is 2.36. The van der Waals surface area contributed by atoms with Gasteiger partial charge in [0.2, 0.25) is 0 Å². The molecule has 0 saturated carbocycles. The van der Waals surface area contributed by atoms with Crippen LogP contribution >= 0.6 is 0 Å². The molecule has 0 amide bonds. The first kappa shape index (κ1) is 14.0. The molecule has 0 aromatic heterocycles. The molecular weight excluding hydrogens is 212 g/mol. The Balaban J connectivity index is 3.58. The van der Waals surface area contributed by atoms with Gasteiger partial charge in [-0.15, -0.1) is 0 Å². The first-order valence-electron chi connectivity index (χ1n) is 6.05. The van der Waals surface area contributed by atoms with E-state index in [0.717, 1.165) is 16.7 Å². The van der Waals surface area contributed by atoms with Crippen LogP contribution in [0.25, 0.3) is 0 Å². The van der Waals surface area contributed by atoms with Gasteiger partial charge in [-0.1, -0.05) is 41.5 Å². The van der Waals surface area contributed by atoms with E-state index >= 15 is 0 Å². The van der Waals surface area contributed by atoms with Crippen molar-refractivity contribution in [2.75, 3.05) is 0 Å². The molecule has 0 radical (unpaired) electrons. The summed E-state index contributed by atoms with van der Waals surface area (Å²) in [5.41, 5.74) is 2.81. The van der Waals surface area contributed by atoms with Crippen molar-refractivity contribution in [2.24, 2.45) is 0 Å². The van der Waals surface area contributed by atoms with E-state index in [1.54, 1.807) is 12.1 Å². The number of rotatable bonds is 1. The summed E-state index contributed by atoms with van der Waals surface area (Å²) >= 11 is 0. The SMILES string of the molecule is CC(C)(C)c1cc(O)cc(C(C)(C)C)c1CO. The number of aromatic hydroxyl groups is 1. The van der Waals surface area contributed by atoms with Crippen LogP contribution in [0.1, 0.15) is 58.2 Å². The zero-order valence-corrected chi connectivity index (χ0v) is 11.8. The van der Waals surface area contributed by atoms with Gasteiger partial charge in [0, 0.05) is 0 Å².